The number of hydrogen-bond donors (Lipinski definition) is 1. The van der Waals surface area contributed by atoms with Gasteiger partial charge in [0, 0.05) is 23.9 Å². The second-order valence-electron chi connectivity index (χ2n) is 5.00. The fourth-order valence-corrected chi connectivity index (χ4v) is 2.85. The van der Waals surface area contributed by atoms with Crippen LogP contribution in [0.1, 0.15) is 22.8 Å². The lowest BCUT2D eigenvalue weighted by Crippen LogP contribution is -2.18. The first kappa shape index (κ1) is 11.2. The monoisotopic (exact) mass is 263 g/mol. The van der Waals surface area contributed by atoms with Crippen molar-refractivity contribution in [2.75, 3.05) is 5.73 Å². The molecule has 1 aliphatic carbocycles. The number of nitrogens with zero attached hydrogens (tertiary/aromatic N) is 2. The Labute approximate surface area is 116 Å². The van der Waals surface area contributed by atoms with Crippen LogP contribution < -0.4 is 5.73 Å². The van der Waals surface area contributed by atoms with Crippen LogP contribution in [0, 0.1) is 0 Å². The molecule has 4 rings (SSSR count). The normalized spacial score (nSPS) is 16.5. The first-order valence-electron chi connectivity index (χ1n) is 6.58. The molecular formula is C16H13N3O. The molecule has 0 fully saturated rings. The molecule has 20 heavy (non-hydrogen) atoms. The molecule has 0 aliphatic heterocycles. The lowest BCUT2D eigenvalue weighted by molar-refractivity contribution is 0.365. The highest BCUT2D eigenvalue weighted by Crippen LogP contribution is 2.45. The number of nitrogen functional groups attached to an aromatic ring is 1. The van der Waals surface area contributed by atoms with Crippen molar-refractivity contribution in [1.82, 2.24) is 10.1 Å². The molecule has 1 unspecified atom stereocenters. The number of nitrogens with two attached hydrogens (primary N) is 1. The van der Waals surface area contributed by atoms with Crippen LogP contribution >= 0.6 is 0 Å². The summed E-state index contributed by atoms with van der Waals surface area (Å²) in [5.41, 5.74) is 10.5. The maximum atomic E-state index is 5.98. The summed E-state index contributed by atoms with van der Waals surface area (Å²) in [5, 5.41) is 3.94. The zero-order chi connectivity index (χ0) is 13.5. The Morgan fingerprint density at radius 2 is 2.05 bits per heavy atom. The number of hydrogen-bond acceptors (Lipinski definition) is 4. The van der Waals surface area contributed by atoms with E-state index in [1.165, 1.54) is 11.1 Å². The third kappa shape index (κ3) is 1.54. The molecule has 1 atom stereocenters. The molecule has 1 aliphatic rings. The lowest BCUT2D eigenvalue weighted by atomic mass is 9.75. The maximum Gasteiger partial charge on any atom is 0.175 e. The van der Waals surface area contributed by atoms with Gasteiger partial charge in [-0.25, -0.2) is 0 Å². The number of benzene rings is 1. The minimum Gasteiger partial charge on any atom is -0.380 e. The van der Waals surface area contributed by atoms with Crippen molar-refractivity contribution in [1.29, 1.82) is 0 Å². The summed E-state index contributed by atoms with van der Waals surface area (Å²) in [4.78, 5) is 4.15. The van der Waals surface area contributed by atoms with Crippen LogP contribution in [0.25, 0.3) is 11.1 Å². The van der Waals surface area contributed by atoms with Crippen molar-refractivity contribution in [2.24, 2.45) is 0 Å². The fraction of sp³-hybridized carbons (Fsp3) is 0.125. The van der Waals surface area contributed by atoms with Gasteiger partial charge < -0.3 is 10.3 Å². The molecule has 2 N–H and O–H groups in total. The second-order valence-corrected chi connectivity index (χ2v) is 5.00. The Balaban J connectivity index is 1.82. The SMILES string of the molecule is Nc1noc(C2Cc3ccccc32)c1-c1cccnc1. The van der Waals surface area contributed by atoms with Crippen molar-refractivity contribution in [3.63, 3.8) is 0 Å². The number of anilines is 1. The van der Waals surface area contributed by atoms with Crippen molar-refractivity contribution in [3.05, 3.63) is 65.7 Å². The van der Waals surface area contributed by atoms with Crippen LogP contribution in [-0.2, 0) is 6.42 Å². The van der Waals surface area contributed by atoms with Gasteiger partial charge in [0.25, 0.3) is 0 Å². The summed E-state index contributed by atoms with van der Waals surface area (Å²) >= 11 is 0. The third-order valence-electron chi connectivity index (χ3n) is 3.87. The van der Waals surface area contributed by atoms with Crippen LogP contribution in [0.3, 0.4) is 0 Å². The van der Waals surface area contributed by atoms with Gasteiger partial charge in [-0.15, -0.1) is 0 Å². The Bertz CT molecular complexity index is 764. The molecular weight excluding hydrogens is 250 g/mol. The molecule has 3 aromatic rings. The van der Waals surface area contributed by atoms with Gasteiger partial charge in [0.05, 0.1) is 5.56 Å². The highest BCUT2D eigenvalue weighted by molar-refractivity contribution is 5.76. The van der Waals surface area contributed by atoms with Crippen molar-refractivity contribution in [3.8, 4) is 11.1 Å². The molecule has 1 aromatic carbocycles. The van der Waals surface area contributed by atoms with E-state index in [2.05, 4.69) is 34.4 Å². The fourth-order valence-electron chi connectivity index (χ4n) is 2.85. The number of pyridine rings is 1. The van der Waals surface area contributed by atoms with E-state index in [1.54, 1.807) is 12.4 Å². The summed E-state index contributed by atoms with van der Waals surface area (Å²) in [5.74, 6) is 1.51. The van der Waals surface area contributed by atoms with E-state index in [4.69, 9.17) is 10.3 Å². The first-order valence-corrected chi connectivity index (χ1v) is 6.58. The number of rotatable bonds is 2. The molecule has 2 aromatic heterocycles. The van der Waals surface area contributed by atoms with Gasteiger partial charge in [-0.1, -0.05) is 35.5 Å². The van der Waals surface area contributed by atoms with Gasteiger partial charge in [-0.05, 0) is 23.6 Å². The largest absolute Gasteiger partial charge is 0.380 e. The smallest absolute Gasteiger partial charge is 0.175 e. The quantitative estimate of drug-likeness (QED) is 0.771. The molecule has 2 heterocycles. The molecule has 0 spiro atoms. The van der Waals surface area contributed by atoms with E-state index in [1.807, 2.05) is 12.1 Å². The Morgan fingerprint density at radius 1 is 1.15 bits per heavy atom. The Hall–Kier alpha value is -2.62. The molecule has 0 amide bonds. The summed E-state index contributed by atoms with van der Waals surface area (Å²) < 4.78 is 5.51. The molecule has 4 heteroatoms. The highest BCUT2D eigenvalue weighted by Gasteiger charge is 2.33. The number of aromatic nitrogens is 2. The molecule has 0 saturated heterocycles. The van der Waals surface area contributed by atoms with E-state index in [-0.39, 0.29) is 5.92 Å². The van der Waals surface area contributed by atoms with Gasteiger partial charge in [0.2, 0.25) is 0 Å². The van der Waals surface area contributed by atoms with Crippen LogP contribution in [-0.4, -0.2) is 10.1 Å². The molecule has 98 valence electrons. The molecule has 0 bridgehead atoms. The van der Waals surface area contributed by atoms with Crippen LogP contribution in [0.15, 0.2) is 53.3 Å². The van der Waals surface area contributed by atoms with Gasteiger partial charge in [0.1, 0.15) is 0 Å². The van der Waals surface area contributed by atoms with Gasteiger partial charge >= 0.3 is 0 Å². The van der Waals surface area contributed by atoms with E-state index >= 15 is 0 Å². The predicted molar refractivity (Wildman–Crippen MR) is 76.1 cm³/mol. The van der Waals surface area contributed by atoms with Gasteiger partial charge in [-0.3, -0.25) is 4.98 Å². The van der Waals surface area contributed by atoms with Crippen LogP contribution in [0.4, 0.5) is 5.82 Å². The summed E-state index contributed by atoms with van der Waals surface area (Å²) in [6, 6.07) is 12.3. The van der Waals surface area contributed by atoms with E-state index < -0.39 is 0 Å². The summed E-state index contributed by atoms with van der Waals surface area (Å²) in [7, 11) is 0. The third-order valence-corrected chi connectivity index (χ3v) is 3.87. The van der Waals surface area contributed by atoms with E-state index in [9.17, 15) is 0 Å². The summed E-state index contributed by atoms with van der Waals surface area (Å²) in [6.45, 7) is 0. The maximum absolute atomic E-state index is 5.98. The van der Waals surface area contributed by atoms with Crippen molar-refractivity contribution >= 4 is 5.82 Å². The average Bonchev–Trinajstić information content (AvgIpc) is 2.83. The number of fused-ring (bicyclic) bond motifs is 1. The van der Waals surface area contributed by atoms with Crippen molar-refractivity contribution < 1.29 is 4.52 Å². The van der Waals surface area contributed by atoms with Crippen LogP contribution in [0.2, 0.25) is 0 Å². The molecule has 0 radical (unpaired) electrons. The first-order chi connectivity index (χ1) is 9.84. The topological polar surface area (TPSA) is 64.9 Å². The second kappa shape index (κ2) is 4.20. The molecule has 4 nitrogen and oxygen atoms in total. The van der Waals surface area contributed by atoms with E-state index in [0.717, 1.165) is 23.3 Å². The zero-order valence-corrected chi connectivity index (χ0v) is 10.8. The van der Waals surface area contributed by atoms with Crippen LogP contribution in [0.5, 0.6) is 0 Å². The Morgan fingerprint density at radius 3 is 2.85 bits per heavy atom. The van der Waals surface area contributed by atoms with E-state index in [0.29, 0.717) is 5.82 Å². The average molecular weight is 263 g/mol. The zero-order valence-electron chi connectivity index (χ0n) is 10.8. The Kier molecular flexibility index (Phi) is 2.36. The van der Waals surface area contributed by atoms with Gasteiger partial charge in [-0.2, -0.15) is 0 Å². The predicted octanol–water partition coefficient (Wildman–Crippen LogP) is 3.01. The van der Waals surface area contributed by atoms with Crippen molar-refractivity contribution in [2.45, 2.75) is 12.3 Å². The minimum atomic E-state index is 0.242. The van der Waals surface area contributed by atoms with Gasteiger partial charge in [0.15, 0.2) is 11.6 Å². The minimum absolute atomic E-state index is 0.242. The molecule has 0 saturated carbocycles. The summed E-state index contributed by atoms with van der Waals surface area (Å²) in [6.07, 6.45) is 4.50. The highest BCUT2D eigenvalue weighted by atomic mass is 16.5. The standard InChI is InChI=1S/C16H13N3O/c17-16-14(11-5-3-7-18-9-11)15(20-19-16)13-8-10-4-1-2-6-12(10)13/h1-7,9,13H,8H2,(H2,17,19). The lowest BCUT2D eigenvalue weighted by Gasteiger charge is -2.28.